The van der Waals surface area contributed by atoms with E-state index in [9.17, 15) is 8.42 Å². The Hall–Kier alpha value is -2.97. The molecule has 5 aromatic rings. The second-order valence-corrected chi connectivity index (χ2v) is 9.58. The predicted octanol–water partition coefficient (Wildman–Crippen LogP) is 4.89. The monoisotopic (exact) mass is 466 g/mol. The first-order chi connectivity index (χ1) is 13.9. The highest BCUT2D eigenvalue weighted by Gasteiger charge is 2.23. The molecule has 0 unspecified atom stereocenters. The molecule has 29 heavy (non-hydrogen) atoms. The van der Waals surface area contributed by atoms with Gasteiger partial charge in [0.2, 0.25) is 0 Å². The highest BCUT2D eigenvalue weighted by Crippen LogP contribution is 2.34. The minimum absolute atomic E-state index is 0.222. The molecule has 144 valence electrons. The van der Waals surface area contributed by atoms with Gasteiger partial charge >= 0.3 is 0 Å². The van der Waals surface area contributed by atoms with Crippen LogP contribution in [0.3, 0.4) is 0 Å². The third kappa shape index (κ3) is 2.95. The van der Waals surface area contributed by atoms with Crippen LogP contribution in [0.2, 0.25) is 0 Å². The van der Waals surface area contributed by atoms with Crippen LogP contribution < -0.4 is 0 Å². The van der Waals surface area contributed by atoms with Gasteiger partial charge in [-0.2, -0.15) is 5.10 Å². The molecule has 0 fully saturated rings. The van der Waals surface area contributed by atoms with E-state index in [4.69, 9.17) is 0 Å². The molecule has 3 aromatic heterocycles. The van der Waals surface area contributed by atoms with Crippen molar-refractivity contribution in [2.24, 2.45) is 0 Å². The lowest BCUT2D eigenvalue weighted by atomic mass is 10.0. The van der Waals surface area contributed by atoms with E-state index in [1.807, 2.05) is 31.2 Å². The predicted molar refractivity (Wildman–Crippen MR) is 116 cm³/mol. The summed E-state index contributed by atoms with van der Waals surface area (Å²) in [6, 6.07) is 14.6. The van der Waals surface area contributed by atoms with Crippen molar-refractivity contribution < 1.29 is 8.42 Å². The number of nitrogens with one attached hydrogen (secondary N) is 1. The summed E-state index contributed by atoms with van der Waals surface area (Å²) < 4.78 is 28.7. The number of halogens is 1. The Balaban J connectivity index is 1.78. The number of hydrogen-bond acceptors (Lipinski definition) is 4. The number of fused-ring (bicyclic) bond motifs is 2. The molecule has 0 aliphatic rings. The van der Waals surface area contributed by atoms with Crippen LogP contribution >= 0.6 is 15.9 Å². The number of aromatic amines is 1. The van der Waals surface area contributed by atoms with Crippen LogP contribution in [0.1, 0.15) is 5.56 Å². The largest absolute Gasteiger partial charge is 0.278 e. The van der Waals surface area contributed by atoms with Crippen LogP contribution in [0.4, 0.5) is 0 Å². The van der Waals surface area contributed by atoms with E-state index in [1.165, 1.54) is 3.97 Å². The fourth-order valence-electron chi connectivity index (χ4n) is 3.40. The molecule has 0 aliphatic heterocycles. The molecule has 3 heterocycles. The van der Waals surface area contributed by atoms with E-state index < -0.39 is 10.0 Å². The Bertz CT molecular complexity index is 1480. The van der Waals surface area contributed by atoms with Crippen molar-refractivity contribution in [1.82, 2.24) is 19.2 Å². The molecule has 0 radical (unpaired) electrons. The van der Waals surface area contributed by atoms with Crippen LogP contribution in [-0.2, 0) is 10.0 Å². The maximum absolute atomic E-state index is 13.4. The van der Waals surface area contributed by atoms with E-state index >= 15 is 0 Å². The van der Waals surface area contributed by atoms with Crippen LogP contribution in [0, 0.1) is 6.92 Å². The summed E-state index contributed by atoms with van der Waals surface area (Å²) in [5, 5.41) is 8.75. The summed E-state index contributed by atoms with van der Waals surface area (Å²) in [7, 11) is -3.80. The zero-order chi connectivity index (χ0) is 20.2. The van der Waals surface area contributed by atoms with Crippen LogP contribution in [-0.4, -0.2) is 27.6 Å². The molecule has 0 saturated carbocycles. The number of benzene rings is 2. The van der Waals surface area contributed by atoms with E-state index in [2.05, 4.69) is 31.1 Å². The molecule has 5 rings (SSSR count). The molecular weight excluding hydrogens is 452 g/mol. The number of rotatable bonds is 3. The van der Waals surface area contributed by atoms with Gasteiger partial charge in [0.15, 0.2) is 5.65 Å². The zero-order valence-corrected chi connectivity index (χ0v) is 17.7. The molecule has 0 amide bonds. The molecule has 0 atom stereocenters. The van der Waals surface area contributed by atoms with Crippen LogP contribution in [0.5, 0.6) is 0 Å². The third-order valence-electron chi connectivity index (χ3n) is 4.91. The topological polar surface area (TPSA) is 80.6 Å². The summed E-state index contributed by atoms with van der Waals surface area (Å²) in [6.07, 6.45) is 4.99. The Morgan fingerprint density at radius 1 is 1.03 bits per heavy atom. The summed E-state index contributed by atoms with van der Waals surface area (Å²) in [5.74, 6) is 0. The normalized spacial score (nSPS) is 12.1. The maximum Gasteiger partial charge on any atom is 0.269 e. The number of aromatic nitrogens is 4. The Morgan fingerprint density at radius 2 is 1.83 bits per heavy atom. The van der Waals surface area contributed by atoms with Gasteiger partial charge in [-0.25, -0.2) is 17.4 Å². The minimum Gasteiger partial charge on any atom is -0.278 e. The quantitative estimate of drug-likeness (QED) is 0.410. The summed E-state index contributed by atoms with van der Waals surface area (Å²) in [6.45, 7) is 1.92. The van der Waals surface area contributed by atoms with Gasteiger partial charge in [0.25, 0.3) is 10.0 Å². The first-order valence-electron chi connectivity index (χ1n) is 8.86. The highest BCUT2D eigenvalue weighted by molar-refractivity contribution is 9.10. The lowest BCUT2D eigenvalue weighted by molar-refractivity contribution is 0.589. The van der Waals surface area contributed by atoms with Crippen LogP contribution in [0.15, 0.2) is 76.5 Å². The SMILES string of the molecule is Cc1ccc(S(=O)(=O)n2cc(-c3ccc4cn[nH]c4c3)c3cc(Br)cnc32)cc1. The fraction of sp³-hybridized carbons (Fsp3) is 0.0476. The van der Waals surface area contributed by atoms with Crippen molar-refractivity contribution in [2.75, 3.05) is 0 Å². The fourth-order valence-corrected chi connectivity index (χ4v) is 5.05. The second kappa shape index (κ2) is 6.53. The number of H-pyrrole nitrogens is 1. The molecule has 6 nitrogen and oxygen atoms in total. The first-order valence-corrected chi connectivity index (χ1v) is 11.1. The van der Waals surface area contributed by atoms with Crippen molar-refractivity contribution in [3.8, 4) is 11.1 Å². The average molecular weight is 467 g/mol. The molecule has 0 aliphatic carbocycles. The van der Waals surface area contributed by atoms with Gasteiger partial charge in [0, 0.05) is 33.2 Å². The average Bonchev–Trinajstić information content (AvgIpc) is 3.32. The molecule has 0 spiro atoms. The number of nitrogens with zero attached hydrogens (tertiary/aromatic N) is 3. The van der Waals surface area contributed by atoms with E-state index in [-0.39, 0.29) is 4.90 Å². The molecule has 1 N–H and O–H groups in total. The molecule has 2 aromatic carbocycles. The Labute approximate surface area is 175 Å². The van der Waals surface area contributed by atoms with Gasteiger partial charge in [-0.15, -0.1) is 0 Å². The zero-order valence-electron chi connectivity index (χ0n) is 15.3. The summed E-state index contributed by atoms with van der Waals surface area (Å²) >= 11 is 3.45. The maximum atomic E-state index is 13.4. The van der Waals surface area contributed by atoms with Gasteiger partial charge in [-0.05, 0) is 52.7 Å². The summed E-state index contributed by atoms with van der Waals surface area (Å²) in [5.41, 5.74) is 3.92. The Morgan fingerprint density at radius 3 is 2.62 bits per heavy atom. The number of pyridine rings is 1. The third-order valence-corrected chi connectivity index (χ3v) is 7.01. The van der Waals surface area contributed by atoms with Crippen molar-refractivity contribution in [3.63, 3.8) is 0 Å². The minimum atomic E-state index is -3.80. The van der Waals surface area contributed by atoms with E-state index in [1.54, 1.807) is 42.9 Å². The van der Waals surface area contributed by atoms with Crippen molar-refractivity contribution in [3.05, 3.63) is 77.2 Å². The smallest absolute Gasteiger partial charge is 0.269 e. The summed E-state index contributed by atoms with van der Waals surface area (Å²) in [4.78, 5) is 4.63. The molecule has 0 bridgehead atoms. The first kappa shape index (κ1) is 18.1. The number of aryl methyl sites for hydroxylation is 1. The van der Waals surface area contributed by atoms with Gasteiger partial charge in [-0.1, -0.05) is 29.8 Å². The van der Waals surface area contributed by atoms with Gasteiger partial charge in [0.1, 0.15) is 0 Å². The van der Waals surface area contributed by atoms with Gasteiger partial charge in [0.05, 0.1) is 16.6 Å². The molecule has 8 heteroatoms. The standard InChI is InChI=1S/C21H15BrN4O2S/c1-13-2-6-17(7-3-13)29(27,28)26-12-19(18-9-16(22)11-23-21(18)26)14-4-5-15-10-24-25-20(15)8-14/h2-12H,1H3,(H,24,25). The van der Waals surface area contributed by atoms with Crippen LogP contribution in [0.25, 0.3) is 33.1 Å². The lowest BCUT2D eigenvalue weighted by Crippen LogP contribution is -2.12. The van der Waals surface area contributed by atoms with Gasteiger partial charge in [-0.3, -0.25) is 5.10 Å². The van der Waals surface area contributed by atoms with E-state index in [0.717, 1.165) is 37.5 Å². The highest BCUT2D eigenvalue weighted by atomic mass is 79.9. The van der Waals surface area contributed by atoms with Crippen molar-refractivity contribution in [1.29, 1.82) is 0 Å². The van der Waals surface area contributed by atoms with Crippen molar-refractivity contribution in [2.45, 2.75) is 11.8 Å². The molecule has 0 saturated heterocycles. The molecular formula is C21H15BrN4O2S. The number of hydrogen-bond donors (Lipinski definition) is 1. The van der Waals surface area contributed by atoms with Gasteiger partial charge < -0.3 is 0 Å². The van der Waals surface area contributed by atoms with Crippen molar-refractivity contribution >= 4 is 47.9 Å². The Kier molecular flexibility index (Phi) is 4.07. The lowest BCUT2D eigenvalue weighted by Gasteiger charge is -2.07. The van der Waals surface area contributed by atoms with E-state index in [0.29, 0.717) is 5.65 Å². The second-order valence-electron chi connectivity index (χ2n) is 6.85.